The molecule has 1 aliphatic heterocycles. The van der Waals surface area contributed by atoms with Crippen molar-refractivity contribution in [3.05, 3.63) is 83.7 Å². The number of nitrogens with one attached hydrogen (secondary N) is 2. The Morgan fingerprint density at radius 2 is 1.60 bits per heavy atom. The minimum absolute atomic E-state index is 0.0352. The van der Waals surface area contributed by atoms with Crippen LogP contribution >= 0.6 is 0 Å². The maximum Gasteiger partial charge on any atom is 0.317 e. The molecule has 1 fully saturated rings. The molecule has 2 heterocycles. The molecular formula is C22H24N6O2. The molecule has 2 aromatic carbocycles. The van der Waals surface area contributed by atoms with Crippen LogP contribution in [-0.2, 0) is 13.0 Å². The largest absolute Gasteiger partial charge is 0.347 e. The Morgan fingerprint density at radius 1 is 0.933 bits per heavy atom. The highest BCUT2D eigenvalue weighted by molar-refractivity contribution is 5.91. The van der Waals surface area contributed by atoms with Crippen LogP contribution in [0.3, 0.4) is 0 Å². The normalized spacial score (nSPS) is 13.5. The molecular weight excluding hydrogens is 380 g/mol. The van der Waals surface area contributed by atoms with Crippen LogP contribution in [0.15, 0.2) is 66.9 Å². The standard InChI is InChI=1S/C22H24N6O2/c29-21(24-13-18-9-5-2-6-10-18)20-16-28(26-25-20)19-14-27(15-19)22(30)23-12-11-17-7-3-1-4-8-17/h1-10,16,19H,11-15H2,(H,23,30)(H,24,29). The fourth-order valence-electron chi connectivity index (χ4n) is 3.29. The van der Waals surface area contributed by atoms with Crippen molar-refractivity contribution in [3.8, 4) is 0 Å². The first-order valence-corrected chi connectivity index (χ1v) is 10.00. The van der Waals surface area contributed by atoms with Crippen molar-refractivity contribution >= 4 is 11.9 Å². The summed E-state index contributed by atoms with van der Waals surface area (Å²) < 4.78 is 1.66. The Bertz CT molecular complexity index is 983. The summed E-state index contributed by atoms with van der Waals surface area (Å²) in [7, 11) is 0. The zero-order valence-electron chi connectivity index (χ0n) is 16.6. The van der Waals surface area contributed by atoms with Gasteiger partial charge in [-0.3, -0.25) is 4.79 Å². The maximum atomic E-state index is 12.3. The molecule has 1 saturated heterocycles. The van der Waals surface area contributed by atoms with Gasteiger partial charge in [0.15, 0.2) is 5.69 Å². The van der Waals surface area contributed by atoms with Gasteiger partial charge in [-0.05, 0) is 17.5 Å². The van der Waals surface area contributed by atoms with Crippen LogP contribution in [0, 0.1) is 0 Å². The number of nitrogens with zero attached hydrogens (tertiary/aromatic N) is 4. The number of hydrogen-bond acceptors (Lipinski definition) is 4. The highest BCUT2D eigenvalue weighted by Crippen LogP contribution is 2.20. The molecule has 0 radical (unpaired) electrons. The molecule has 30 heavy (non-hydrogen) atoms. The Balaban J connectivity index is 1.20. The molecule has 3 aromatic rings. The quantitative estimate of drug-likeness (QED) is 0.630. The van der Waals surface area contributed by atoms with Gasteiger partial charge in [0, 0.05) is 26.2 Å². The summed E-state index contributed by atoms with van der Waals surface area (Å²) in [6.45, 7) is 2.13. The second-order valence-electron chi connectivity index (χ2n) is 7.28. The summed E-state index contributed by atoms with van der Waals surface area (Å²) >= 11 is 0. The van der Waals surface area contributed by atoms with Gasteiger partial charge in [-0.15, -0.1) is 5.10 Å². The second kappa shape index (κ2) is 9.21. The molecule has 8 heteroatoms. The summed E-state index contributed by atoms with van der Waals surface area (Å²) in [5.74, 6) is -0.264. The third-order valence-electron chi connectivity index (χ3n) is 5.10. The summed E-state index contributed by atoms with van der Waals surface area (Å²) in [5.41, 5.74) is 2.49. The summed E-state index contributed by atoms with van der Waals surface area (Å²) in [5, 5.41) is 13.8. The van der Waals surface area contributed by atoms with Gasteiger partial charge in [0.1, 0.15) is 0 Å². The molecule has 0 spiro atoms. The Kier molecular flexibility index (Phi) is 6.03. The Morgan fingerprint density at radius 3 is 2.30 bits per heavy atom. The van der Waals surface area contributed by atoms with E-state index < -0.39 is 0 Å². The van der Waals surface area contributed by atoms with Gasteiger partial charge in [-0.1, -0.05) is 65.9 Å². The van der Waals surface area contributed by atoms with Crippen molar-refractivity contribution in [1.82, 2.24) is 30.5 Å². The Labute approximate surface area is 174 Å². The van der Waals surface area contributed by atoms with Crippen molar-refractivity contribution in [1.29, 1.82) is 0 Å². The number of carbonyl (C=O) groups excluding carboxylic acids is 2. The lowest BCUT2D eigenvalue weighted by Gasteiger charge is -2.38. The van der Waals surface area contributed by atoms with E-state index in [9.17, 15) is 9.59 Å². The van der Waals surface area contributed by atoms with Gasteiger partial charge in [-0.25, -0.2) is 9.48 Å². The van der Waals surface area contributed by atoms with E-state index in [2.05, 4.69) is 20.9 Å². The number of amides is 3. The molecule has 1 aliphatic rings. The van der Waals surface area contributed by atoms with Crippen LogP contribution in [0.4, 0.5) is 4.79 Å². The Hall–Kier alpha value is -3.68. The molecule has 0 atom stereocenters. The van der Waals surface area contributed by atoms with Gasteiger partial charge in [0.05, 0.1) is 12.2 Å². The molecule has 1 aromatic heterocycles. The van der Waals surface area contributed by atoms with Gasteiger partial charge in [0.2, 0.25) is 0 Å². The summed E-state index contributed by atoms with van der Waals surface area (Å²) in [4.78, 5) is 26.2. The number of rotatable bonds is 7. The van der Waals surface area contributed by atoms with Gasteiger partial charge < -0.3 is 15.5 Å². The average Bonchev–Trinajstić information content (AvgIpc) is 3.22. The lowest BCUT2D eigenvalue weighted by molar-refractivity contribution is 0.0945. The predicted octanol–water partition coefficient (Wildman–Crippen LogP) is 2.02. The van der Waals surface area contributed by atoms with E-state index in [1.807, 2.05) is 60.7 Å². The molecule has 0 unspecified atom stereocenters. The van der Waals surface area contributed by atoms with Gasteiger partial charge >= 0.3 is 6.03 Å². The number of benzene rings is 2. The topological polar surface area (TPSA) is 92.2 Å². The molecule has 154 valence electrons. The van der Waals surface area contributed by atoms with Crippen molar-refractivity contribution in [2.45, 2.75) is 19.0 Å². The zero-order chi connectivity index (χ0) is 20.8. The maximum absolute atomic E-state index is 12.3. The fourth-order valence-corrected chi connectivity index (χ4v) is 3.29. The lowest BCUT2D eigenvalue weighted by atomic mass is 10.1. The number of aromatic nitrogens is 3. The smallest absolute Gasteiger partial charge is 0.317 e. The third-order valence-corrected chi connectivity index (χ3v) is 5.10. The van der Waals surface area contributed by atoms with Crippen LogP contribution < -0.4 is 10.6 Å². The van der Waals surface area contributed by atoms with Crippen LogP contribution in [0.1, 0.15) is 27.7 Å². The molecule has 8 nitrogen and oxygen atoms in total. The second-order valence-corrected chi connectivity index (χ2v) is 7.28. The van der Waals surface area contributed by atoms with Crippen LogP contribution in [0.5, 0.6) is 0 Å². The van der Waals surface area contributed by atoms with Crippen molar-refractivity contribution < 1.29 is 9.59 Å². The minimum Gasteiger partial charge on any atom is -0.347 e. The van der Waals surface area contributed by atoms with Crippen molar-refractivity contribution in [3.63, 3.8) is 0 Å². The SMILES string of the molecule is O=C(NCc1ccccc1)c1cn(C2CN(C(=O)NCCc3ccccc3)C2)nn1. The first-order valence-electron chi connectivity index (χ1n) is 10.00. The van der Waals surface area contributed by atoms with Gasteiger partial charge in [0.25, 0.3) is 5.91 Å². The summed E-state index contributed by atoms with van der Waals surface area (Å²) in [6.07, 6.45) is 2.43. The van der Waals surface area contributed by atoms with E-state index in [1.165, 1.54) is 5.56 Å². The van der Waals surface area contributed by atoms with E-state index in [1.54, 1.807) is 15.8 Å². The molecule has 3 amide bonds. The van der Waals surface area contributed by atoms with Crippen molar-refractivity contribution in [2.24, 2.45) is 0 Å². The first kappa shape index (κ1) is 19.6. The highest BCUT2D eigenvalue weighted by atomic mass is 16.2. The lowest BCUT2D eigenvalue weighted by Crippen LogP contribution is -2.54. The van der Waals surface area contributed by atoms with Crippen LogP contribution in [0.25, 0.3) is 0 Å². The van der Waals surface area contributed by atoms with E-state index in [4.69, 9.17) is 0 Å². The molecule has 0 saturated carbocycles. The van der Waals surface area contributed by atoms with E-state index in [-0.39, 0.29) is 23.7 Å². The molecule has 4 rings (SSSR count). The van der Waals surface area contributed by atoms with Crippen LogP contribution in [-0.4, -0.2) is 51.5 Å². The number of hydrogen-bond donors (Lipinski definition) is 2. The third kappa shape index (κ3) is 4.83. The van der Waals surface area contributed by atoms with E-state index in [0.717, 1.165) is 12.0 Å². The van der Waals surface area contributed by atoms with E-state index >= 15 is 0 Å². The van der Waals surface area contributed by atoms with Crippen molar-refractivity contribution in [2.75, 3.05) is 19.6 Å². The number of likely N-dealkylation sites (tertiary alicyclic amines) is 1. The van der Waals surface area contributed by atoms with Gasteiger partial charge in [-0.2, -0.15) is 0 Å². The number of carbonyl (C=O) groups is 2. The monoisotopic (exact) mass is 404 g/mol. The number of urea groups is 1. The van der Waals surface area contributed by atoms with Crippen LogP contribution in [0.2, 0.25) is 0 Å². The highest BCUT2D eigenvalue weighted by Gasteiger charge is 2.33. The average molecular weight is 404 g/mol. The van der Waals surface area contributed by atoms with E-state index in [0.29, 0.717) is 26.2 Å². The predicted molar refractivity (Wildman–Crippen MR) is 112 cm³/mol. The first-order chi connectivity index (χ1) is 14.7. The minimum atomic E-state index is -0.264. The summed E-state index contributed by atoms with van der Waals surface area (Å²) in [6, 6.07) is 19.7. The molecule has 0 bridgehead atoms. The molecule has 0 aliphatic carbocycles. The fraction of sp³-hybridized carbons (Fsp3) is 0.273. The molecule has 2 N–H and O–H groups in total. The zero-order valence-corrected chi connectivity index (χ0v) is 16.6.